The van der Waals surface area contributed by atoms with E-state index in [4.69, 9.17) is 4.74 Å². The third-order valence-electron chi connectivity index (χ3n) is 4.15. The van der Waals surface area contributed by atoms with Crippen LogP contribution in [0.1, 0.15) is 29.3 Å². The summed E-state index contributed by atoms with van der Waals surface area (Å²) in [7, 11) is 0. The van der Waals surface area contributed by atoms with E-state index in [0.717, 1.165) is 46.4 Å². The largest absolute Gasteiger partial charge is 0.494 e. The van der Waals surface area contributed by atoms with Crippen molar-refractivity contribution in [3.8, 4) is 5.75 Å². The third kappa shape index (κ3) is 5.84. The van der Waals surface area contributed by atoms with Gasteiger partial charge in [-0.25, -0.2) is 0 Å². The average Bonchev–Trinajstić information content (AvgIpc) is 2.68. The van der Waals surface area contributed by atoms with Crippen molar-refractivity contribution in [1.29, 1.82) is 0 Å². The molecular formula is C21H25BrN2O2S. The molecule has 0 aromatic heterocycles. The van der Waals surface area contributed by atoms with E-state index in [9.17, 15) is 4.79 Å². The van der Waals surface area contributed by atoms with Gasteiger partial charge in [0.25, 0.3) is 0 Å². The van der Waals surface area contributed by atoms with Gasteiger partial charge in [0.2, 0.25) is 0 Å². The summed E-state index contributed by atoms with van der Waals surface area (Å²) in [6, 6.07) is 15.6. The van der Waals surface area contributed by atoms with Gasteiger partial charge >= 0.3 is 0 Å². The smallest absolute Gasteiger partial charge is 0.182 e. The summed E-state index contributed by atoms with van der Waals surface area (Å²) >= 11 is 1.71. The van der Waals surface area contributed by atoms with Crippen LogP contribution in [0.25, 0.3) is 0 Å². The number of ketones is 1. The standard InChI is InChI=1S/C21H24N2O2S.BrH/c1-3-25-19-11-9-18(10-12-19)23(21-22-13-4-14-26-21)15-20(24)17-7-5-16(2)6-8-17;/h5-12H,3-4,13-15H2,1-2H3;1H. The number of thioether (sulfide) groups is 1. The summed E-state index contributed by atoms with van der Waals surface area (Å²) in [5, 5.41) is 0.917. The van der Waals surface area contributed by atoms with Crippen molar-refractivity contribution in [2.24, 2.45) is 4.99 Å². The average molecular weight is 449 g/mol. The SMILES string of the molecule is Br.CCOc1ccc(N(CC(=O)c2ccc(C)cc2)C2=NCCCS2)cc1. The quantitative estimate of drug-likeness (QED) is 0.572. The van der Waals surface area contributed by atoms with Gasteiger partial charge in [-0.15, -0.1) is 17.0 Å². The van der Waals surface area contributed by atoms with Crippen LogP contribution in [0.4, 0.5) is 5.69 Å². The zero-order valence-electron chi connectivity index (χ0n) is 15.7. The first kappa shape index (κ1) is 21.5. The third-order valence-corrected chi connectivity index (χ3v) is 5.25. The number of anilines is 1. The predicted octanol–water partition coefficient (Wildman–Crippen LogP) is 5.15. The Bertz CT molecular complexity index is 776. The minimum atomic E-state index is 0. The van der Waals surface area contributed by atoms with Crippen LogP contribution in [0.3, 0.4) is 0 Å². The Morgan fingerprint density at radius 3 is 2.44 bits per heavy atom. The molecule has 2 aromatic carbocycles. The number of aliphatic imine (C=N–C) groups is 1. The zero-order chi connectivity index (χ0) is 18.4. The lowest BCUT2D eigenvalue weighted by Gasteiger charge is -2.27. The number of amidine groups is 1. The first-order valence-electron chi connectivity index (χ1n) is 8.95. The molecule has 0 aliphatic carbocycles. The second-order valence-corrected chi connectivity index (χ2v) is 7.23. The van der Waals surface area contributed by atoms with Crippen molar-refractivity contribution in [1.82, 2.24) is 0 Å². The second kappa shape index (κ2) is 10.5. The minimum absolute atomic E-state index is 0. The van der Waals surface area contributed by atoms with Crippen LogP contribution in [-0.2, 0) is 0 Å². The first-order chi connectivity index (χ1) is 12.7. The Hall–Kier alpha value is -1.79. The van der Waals surface area contributed by atoms with Gasteiger partial charge in [0.15, 0.2) is 11.0 Å². The maximum atomic E-state index is 12.8. The molecular weight excluding hydrogens is 424 g/mol. The molecule has 2 aromatic rings. The number of aryl methyl sites for hydroxylation is 1. The Labute approximate surface area is 175 Å². The van der Waals surface area contributed by atoms with E-state index in [1.165, 1.54) is 0 Å². The number of hydrogen-bond donors (Lipinski definition) is 0. The van der Waals surface area contributed by atoms with E-state index in [2.05, 4.69) is 4.99 Å². The van der Waals surface area contributed by atoms with E-state index in [1.54, 1.807) is 11.8 Å². The van der Waals surface area contributed by atoms with E-state index < -0.39 is 0 Å². The fourth-order valence-electron chi connectivity index (χ4n) is 2.74. The van der Waals surface area contributed by atoms with Crippen LogP contribution in [-0.4, -0.2) is 36.4 Å². The van der Waals surface area contributed by atoms with Crippen molar-refractivity contribution in [3.63, 3.8) is 0 Å². The normalized spacial score (nSPS) is 13.3. The lowest BCUT2D eigenvalue weighted by molar-refractivity contribution is 0.100. The molecule has 3 rings (SSSR count). The molecule has 6 heteroatoms. The molecule has 1 aliphatic rings. The molecule has 27 heavy (non-hydrogen) atoms. The maximum Gasteiger partial charge on any atom is 0.182 e. The van der Waals surface area contributed by atoms with Gasteiger partial charge in [0, 0.05) is 23.5 Å². The Kier molecular flexibility index (Phi) is 8.38. The molecule has 0 radical (unpaired) electrons. The van der Waals surface area contributed by atoms with Crippen LogP contribution < -0.4 is 9.64 Å². The number of nitrogens with zero attached hydrogens (tertiary/aromatic N) is 2. The summed E-state index contributed by atoms with van der Waals surface area (Å²) in [6.07, 6.45) is 1.08. The molecule has 0 fully saturated rings. The molecule has 0 saturated carbocycles. The molecule has 1 heterocycles. The molecule has 0 unspecified atom stereocenters. The Morgan fingerprint density at radius 2 is 1.85 bits per heavy atom. The summed E-state index contributed by atoms with van der Waals surface area (Å²) in [5.74, 6) is 1.96. The van der Waals surface area contributed by atoms with Crippen LogP contribution in [0.2, 0.25) is 0 Å². The number of hydrogen-bond acceptors (Lipinski definition) is 5. The number of Topliss-reactive ketones (excluding diaryl/α,β-unsaturated/α-hetero) is 1. The zero-order valence-corrected chi connectivity index (χ0v) is 18.2. The predicted molar refractivity (Wildman–Crippen MR) is 120 cm³/mol. The monoisotopic (exact) mass is 448 g/mol. The van der Waals surface area contributed by atoms with Crippen molar-refractivity contribution < 1.29 is 9.53 Å². The number of ether oxygens (including phenoxy) is 1. The lowest BCUT2D eigenvalue weighted by Crippen LogP contribution is -2.35. The molecule has 0 bridgehead atoms. The molecule has 0 saturated heterocycles. The Balaban J connectivity index is 0.00000261. The highest BCUT2D eigenvalue weighted by Gasteiger charge is 2.20. The maximum absolute atomic E-state index is 12.8. The molecule has 0 spiro atoms. The molecule has 0 atom stereocenters. The Morgan fingerprint density at radius 1 is 1.15 bits per heavy atom. The summed E-state index contributed by atoms with van der Waals surface area (Å²) in [4.78, 5) is 19.5. The molecule has 0 N–H and O–H groups in total. The molecule has 4 nitrogen and oxygen atoms in total. The van der Waals surface area contributed by atoms with Crippen LogP contribution in [0.15, 0.2) is 53.5 Å². The van der Waals surface area contributed by atoms with E-state index in [0.29, 0.717) is 6.61 Å². The fourth-order valence-corrected chi connectivity index (χ4v) is 3.71. The summed E-state index contributed by atoms with van der Waals surface area (Å²) < 4.78 is 5.53. The number of benzene rings is 2. The van der Waals surface area contributed by atoms with Gasteiger partial charge in [0.1, 0.15) is 5.75 Å². The van der Waals surface area contributed by atoms with Crippen molar-refractivity contribution in [3.05, 3.63) is 59.7 Å². The first-order valence-corrected chi connectivity index (χ1v) is 9.93. The highest BCUT2D eigenvalue weighted by Crippen LogP contribution is 2.25. The lowest BCUT2D eigenvalue weighted by atomic mass is 10.1. The van der Waals surface area contributed by atoms with Gasteiger partial charge in [-0.05, 0) is 44.5 Å². The number of carbonyl (C=O) groups excluding carboxylic acids is 1. The van der Waals surface area contributed by atoms with Crippen molar-refractivity contribution >= 4 is 45.4 Å². The van der Waals surface area contributed by atoms with Gasteiger partial charge in [0.05, 0.1) is 13.2 Å². The minimum Gasteiger partial charge on any atom is -0.494 e. The fraction of sp³-hybridized carbons (Fsp3) is 0.333. The van der Waals surface area contributed by atoms with Crippen molar-refractivity contribution in [2.75, 3.05) is 30.3 Å². The number of halogens is 1. The van der Waals surface area contributed by atoms with Crippen LogP contribution >= 0.6 is 28.7 Å². The van der Waals surface area contributed by atoms with Gasteiger partial charge in [-0.1, -0.05) is 41.6 Å². The van der Waals surface area contributed by atoms with Crippen LogP contribution in [0, 0.1) is 6.92 Å². The van der Waals surface area contributed by atoms with E-state index in [1.807, 2.05) is 67.3 Å². The van der Waals surface area contributed by atoms with E-state index in [-0.39, 0.29) is 29.3 Å². The summed E-state index contributed by atoms with van der Waals surface area (Å²) in [6.45, 7) is 5.72. The van der Waals surface area contributed by atoms with Gasteiger partial charge in [-0.2, -0.15) is 0 Å². The van der Waals surface area contributed by atoms with Gasteiger partial charge < -0.3 is 9.64 Å². The highest BCUT2D eigenvalue weighted by atomic mass is 79.9. The molecule has 0 amide bonds. The summed E-state index contributed by atoms with van der Waals surface area (Å²) in [5.41, 5.74) is 2.84. The number of rotatable bonds is 6. The number of carbonyl (C=O) groups is 1. The van der Waals surface area contributed by atoms with Gasteiger partial charge in [-0.3, -0.25) is 9.79 Å². The van der Waals surface area contributed by atoms with Crippen molar-refractivity contribution in [2.45, 2.75) is 20.3 Å². The second-order valence-electron chi connectivity index (χ2n) is 6.17. The topological polar surface area (TPSA) is 41.9 Å². The molecule has 144 valence electrons. The van der Waals surface area contributed by atoms with E-state index >= 15 is 0 Å². The highest BCUT2D eigenvalue weighted by molar-refractivity contribution is 8.93. The molecule has 1 aliphatic heterocycles. The van der Waals surface area contributed by atoms with Crippen LogP contribution in [0.5, 0.6) is 5.75 Å².